The van der Waals surface area contributed by atoms with Gasteiger partial charge in [-0.15, -0.1) is 0 Å². The molecule has 1 aliphatic heterocycles. The van der Waals surface area contributed by atoms with Crippen LogP contribution in [0.4, 0.5) is 4.39 Å². The van der Waals surface area contributed by atoms with Gasteiger partial charge in [0, 0.05) is 0 Å². The van der Waals surface area contributed by atoms with Gasteiger partial charge in [-0.1, -0.05) is 31.8 Å². The maximum absolute atomic E-state index is 14.1. The first-order valence-electron chi connectivity index (χ1n) is 6.23. The van der Waals surface area contributed by atoms with Gasteiger partial charge in [0.25, 0.3) is 0 Å². The summed E-state index contributed by atoms with van der Waals surface area (Å²) in [4.78, 5) is 4.50. The highest BCUT2D eigenvalue weighted by Gasteiger charge is 2.32. The van der Waals surface area contributed by atoms with Crippen molar-refractivity contribution in [3.8, 4) is 0 Å². The molecule has 0 amide bonds. The summed E-state index contributed by atoms with van der Waals surface area (Å²) in [6.07, 6.45) is 0. The van der Waals surface area contributed by atoms with E-state index in [1.807, 2.05) is 19.9 Å². The normalized spacial score (nSPS) is 18.4. The first-order chi connectivity index (χ1) is 8.21. The molecule has 1 heterocycles. The van der Waals surface area contributed by atoms with Crippen LogP contribution in [0.5, 0.6) is 0 Å². The molecule has 0 N–H and O–H groups in total. The molecule has 0 aromatic heterocycles. The molecule has 0 radical (unpaired) electrons. The van der Waals surface area contributed by atoms with Crippen LogP contribution in [0, 0.1) is 5.82 Å². The zero-order valence-electron chi connectivity index (χ0n) is 11.7. The van der Waals surface area contributed by atoms with E-state index < -0.39 is 8.07 Å². The molecule has 1 aromatic carbocycles. The molecule has 0 saturated heterocycles. The van der Waals surface area contributed by atoms with Gasteiger partial charge in [0.15, 0.2) is 0 Å². The summed E-state index contributed by atoms with van der Waals surface area (Å²) in [5, 5.41) is 1.07. The number of nitrogens with zero attached hydrogens (tertiary/aromatic N) is 1. The van der Waals surface area contributed by atoms with Crippen molar-refractivity contribution in [3.05, 3.63) is 29.6 Å². The number of ether oxygens (including phenoxy) is 1. The molecule has 0 bridgehead atoms. The van der Waals surface area contributed by atoms with Gasteiger partial charge in [-0.05, 0) is 25.1 Å². The van der Waals surface area contributed by atoms with Crippen LogP contribution in [-0.2, 0) is 4.74 Å². The van der Waals surface area contributed by atoms with Gasteiger partial charge in [0.2, 0.25) is 5.90 Å². The zero-order valence-corrected chi connectivity index (χ0v) is 12.7. The van der Waals surface area contributed by atoms with Crippen molar-refractivity contribution in [2.75, 3.05) is 6.61 Å². The van der Waals surface area contributed by atoms with Crippen molar-refractivity contribution in [2.24, 2.45) is 4.99 Å². The Morgan fingerprint density at radius 2 is 1.94 bits per heavy atom. The smallest absolute Gasteiger partial charge is 0.219 e. The minimum Gasteiger partial charge on any atom is -0.475 e. The predicted molar refractivity (Wildman–Crippen MR) is 75.9 cm³/mol. The van der Waals surface area contributed by atoms with Gasteiger partial charge in [-0.2, -0.15) is 0 Å². The predicted octanol–water partition coefficient (Wildman–Crippen LogP) is 2.93. The second kappa shape index (κ2) is 4.19. The topological polar surface area (TPSA) is 21.6 Å². The third-order valence-electron chi connectivity index (χ3n) is 3.00. The summed E-state index contributed by atoms with van der Waals surface area (Å²) in [5.74, 6) is 0.238. The molecule has 0 spiro atoms. The second-order valence-electron chi connectivity index (χ2n) is 6.43. The van der Waals surface area contributed by atoms with Gasteiger partial charge in [0.1, 0.15) is 12.4 Å². The van der Waals surface area contributed by atoms with E-state index in [1.165, 1.54) is 6.07 Å². The number of rotatable bonds is 2. The van der Waals surface area contributed by atoms with Crippen LogP contribution in [0.2, 0.25) is 19.6 Å². The summed E-state index contributed by atoms with van der Waals surface area (Å²) in [6.45, 7) is 11.1. The van der Waals surface area contributed by atoms with E-state index >= 15 is 0 Å². The van der Waals surface area contributed by atoms with Gasteiger partial charge in [-0.25, -0.2) is 9.38 Å². The Morgan fingerprint density at radius 3 is 2.44 bits per heavy atom. The number of halogens is 1. The lowest BCUT2D eigenvalue weighted by Crippen LogP contribution is -2.42. The highest BCUT2D eigenvalue weighted by atomic mass is 28.3. The fourth-order valence-corrected chi connectivity index (χ4v) is 3.65. The van der Waals surface area contributed by atoms with Crippen molar-refractivity contribution >= 4 is 19.2 Å². The fraction of sp³-hybridized carbons (Fsp3) is 0.500. The van der Waals surface area contributed by atoms with Crippen molar-refractivity contribution in [3.63, 3.8) is 0 Å². The Kier molecular flexibility index (Phi) is 3.09. The maximum atomic E-state index is 14.1. The maximum Gasteiger partial charge on any atom is 0.219 e. The van der Waals surface area contributed by atoms with E-state index in [1.54, 1.807) is 6.07 Å². The van der Waals surface area contributed by atoms with Gasteiger partial charge in [0.05, 0.1) is 19.2 Å². The van der Waals surface area contributed by atoms with E-state index in [2.05, 4.69) is 24.6 Å². The van der Waals surface area contributed by atoms with Crippen LogP contribution in [0.3, 0.4) is 0 Å². The van der Waals surface area contributed by atoms with Crippen molar-refractivity contribution in [1.29, 1.82) is 0 Å². The van der Waals surface area contributed by atoms with E-state index in [0.717, 1.165) is 5.19 Å². The minimum atomic E-state index is -1.62. The van der Waals surface area contributed by atoms with E-state index in [9.17, 15) is 4.39 Å². The SMILES string of the molecule is CC1(C)COC(c2c(F)cccc2[Si](C)(C)C)=N1. The largest absolute Gasteiger partial charge is 0.475 e. The average Bonchev–Trinajstić information content (AvgIpc) is 2.57. The van der Waals surface area contributed by atoms with Gasteiger partial charge in [-0.3, -0.25) is 0 Å². The first-order valence-corrected chi connectivity index (χ1v) is 9.73. The second-order valence-corrected chi connectivity index (χ2v) is 11.5. The molecule has 2 nitrogen and oxygen atoms in total. The van der Waals surface area contributed by atoms with Crippen molar-refractivity contribution in [1.82, 2.24) is 0 Å². The molecule has 0 fully saturated rings. The fourth-order valence-electron chi connectivity index (χ4n) is 2.08. The van der Waals surface area contributed by atoms with Crippen molar-refractivity contribution < 1.29 is 9.13 Å². The quantitative estimate of drug-likeness (QED) is 0.753. The monoisotopic (exact) mass is 265 g/mol. The Bertz CT molecular complexity index is 503. The molecule has 4 heteroatoms. The van der Waals surface area contributed by atoms with E-state index in [-0.39, 0.29) is 11.4 Å². The van der Waals surface area contributed by atoms with Crippen molar-refractivity contribution in [2.45, 2.75) is 39.0 Å². The molecule has 0 unspecified atom stereocenters. The lowest BCUT2D eigenvalue weighted by Gasteiger charge is -2.20. The first kappa shape index (κ1) is 13.3. The third-order valence-corrected chi connectivity index (χ3v) is 5.03. The molecule has 1 aromatic rings. The van der Waals surface area contributed by atoms with Crippen LogP contribution in [0.25, 0.3) is 0 Å². The number of benzene rings is 1. The average molecular weight is 265 g/mol. The highest BCUT2D eigenvalue weighted by Crippen LogP contribution is 2.22. The van der Waals surface area contributed by atoms with E-state index in [4.69, 9.17) is 4.74 Å². The lowest BCUT2D eigenvalue weighted by atomic mass is 10.1. The third kappa shape index (κ3) is 2.48. The summed E-state index contributed by atoms with van der Waals surface area (Å²) in [5.41, 5.74) is 0.316. The van der Waals surface area contributed by atoms with Crippen LogP contribution >= 0.6 is 0 Å². The Morgan fingerprint density at radius 1 is 1.28 bits per heavy atom. The number of aliphatic imine (C=N–C) groups is 1. The van der Waals surface area contributed by atoms with Crippen LogP contribution in [0.1, 0.15) is 19.4 Å². The summed E-state index contributed by atoms with van der Waals surface area (Å²) in [7, 11) is -1.62. The summed E-state index contributed by atoms with van der Waals surface area (Å²) >= 11 is 0. The molecule has 98 valence electrons. The lowest BCUT2D eigenvalue weighted by molar-refractivity contribution is 0.279. The molecule has 1 aliphatic rings. The van der Waals surface area contributed by atoms with Crippen LogP contribution in [0.15, 0.2) is 23.2 Å². The number of hydrogen-bond acceptors (Lipinski definition) is 2. The molecular formula is C14H20FNOSi. The standard InChI is InChI=1S/C14H20FNOSi/c1-14(2)9-17-13(16-14)12-10(15)7-6-8-11(12)18(3,4)5/h6-8H,9H2,1-5H3. The number of hydrogen-bond donors (Lipinski definition) is 0. The summed E-state index contributed by atoms with van der Waals surface area (Å²) in [6, 6.07) is 5.26. The highest BCUT2D eigenvalue weighted by molar-refractivity contribution is 6.89. The van der Waals surface area contributed by atoms with Crippen LogP contribution in [-0.4, -0.2) is 26.1 Å². The Hall–Kier alpha value is -1.16. The molecule has 0 atom stereocenters. The minimum absolute atomic E-state index is 0.230. The van der Waals surface area contributed by atoms with E-state index in [0.29, 0.717) is 18.1 Å². The molecule has 18 heavy (non-hydrogen) atoms. The Labute approximate surface area is 109 Å². The summed E-state index contributed by atoms with van der Waals surface area (Å²) < 4.78 is 19.7. The molecular weight excluding hydrogens is 245 g/mol. The Balaban J connectivity index is 2.58. The van der Waals surface area contributed by atoms with Gasteiger partial charge < -0.3 is 4.74 Å². The van der Waals surface area contributed by atoms with Gasteiger partial charge >= 0.3 is 0 Å². The molecule has 0 aliphatic carbocycles. The van der Waals surface area contributed by atoms with Crippen LogP contribution < -0.4 is 5.19 Å². The zero-order chi connectivity index (χ0) is 13.6. The molecule has 2 rings (SSSR count). The molecule has 0 saturated carbocycles.